The third-order valence-corrected chi connectivity index (χ3v) is 2.85. The van der Waals surface area contributed by atoms with E-state index in [1.807, 2.05) is 0 Å². The van der Waals surface area contributed by atoms with Crippen LogP contribution in [0.2, 0.25) is 0 Å². The molecule has 21 heavy (non-hydrogen) atoms. The van der Waals surface area contributed by atoms with Gasteiger partial charge in [-0.25, -0.2) is 8.78 Å². The quantitative estimate of drug-likeness (QED) is 0.627. The number of benzene rings is 2. The van der Waals surface area contributed by atoms with Crippen molar-refractivity contribution in [3.05, 3.63) is 64.7 Å². The maximum Gasteiger partial charge on any atom is 0.387 e. The molecule has 2 aromatic rings. The van der Waals surface area contributed by atoms with Crippen LogP contribution in [0.4, 0.5) is 17.6 Å². The van der Waals surface area contributed by atoms with Crippen LogP contribution in [0.5, 0.6) is 5.75 Å². The second kappa shape index (κ2) is 5.95. The van der Waals surface area contributed by atoms with Crippen molar-refractivity contribution in [1.29, 1.82) is 0 Å². The number of carbonyl (C=O) groups is 1. The second-order valence-electron chi connectivity index (χ2n) is 4.29. The molecule has 2 aromatic carbocycles. The van der Waals surface area contributed by atoms with E-state index in [4.69, 9.17) is 0 Å². The Morgan fingerprint density at radius 1 is 1.05 bits per heavy atom. The molecule has 0 amide bonds. The molecule has 0 unspecified atom stereocenters. The Kier molecular flexibility index (Phi) is 4.26. The summed E-state index contributed by atoms with van der Waals surface area (Å²) in [5.74, 6) is -2.92. The van der Waals surface area contributed by atoms with Gasteiger partial charge in [-0.15, -0.1) is 0 Å². The number of hydrogen-bond acceptors (Lipinski definition) is 2. The van der Waals surface area contributed by atoms with Crippen molar-refractivity contribution in [3.63, 3.8) is 0 Å². The van der Waals surface area contributed by atoms with Gasteiger partial charge >= 0.3 is 6.61 Å². The largest absolute Gasteiger partial charge is 0.435 e. The van der Waals surface area contributed by atoms with Gasteiger partial charge in [0, 0.05) is 5.56 Å². The van der Waals surface area contributed by atoms with Gasteiger partial charge in [0.2, 0.25) is 0 Å². The standard InChI is InChI=1S/C15H10F4O2/c1-8-2-7-11(16)12(13(8)17)14(20)9-3-5-10(6-4-9)21-15(18)19/h2-7,15H,1H3. The minimum Gasteiger partial charge on any atom is -0.435 e. The molecule has 0 N–H and O–H groups in total. The van der Waals surface area contributed by atoms with Crippen LogP contribution in [0.3, 0.4) is 0 Å². The van der Waals surface area contributed by atoms with Crippen LogP contribution in [0, 0.1) is 18.6 Å². The molecule has 0 aliphatic heterocycles. The molecule has 0 atom stereocenters. The molecular weight excluding hydrogens is 288 g/mol. The van der Waals surface area contributed by atoms with E-state index < -0.39 is 29.6 Å². The highest BCUT2D eigenvalue weighted by atomic mass is 19.3. The second-order valence-corrected chi connectivity index (χ2v) is 4.29. The van der Waals surface area contributed by atoms with E-state index in [2.05, 4.69) is 4.74 Å². The first-order valence-electron chi connectivity index (χ1n) is 5.94. The smallest absolute Gasteiger partial charge is 0.387 e. The molecular formula is C15H10F4O2. The van der Waals surface area contributed by atoms with Gasteiger partial charge in [0.05, 0.1) is 5.56 Å². The lowest BCUT2D eigenvalue weighted by molar-refractivity contribution is -0.0498. The van der Waals surface area contributed by atoms with E-state index in [9.17, 15) is 22.4 Å². The number of hydrogen-bond donors (Lipinski definition) is 0. The van der Waals surface area contributed by atoms with E-state index >= 15 is 0 Å². The number of alkyl halides is 2. The summed E-state index contributed by atoms with van der Waals surface area (Å²) in [5.41, 5.74) is -0.560. The lowest BCUT2D eigenvalue weighted by atomic mass is 10.00. The summed E-state index contributed by atoms with van der Waals surface area (Å²) in [4.78, 5) is 12.1. The third kappa shape index (κ3) is 3.21. The molecule has 0 heterocycles. The molecule has 0 aromatic heterocycles. The first-order valence-corrected chi connectivity index (χ1v) is 5.94. The molecule has 0 radical (unpaired) electrons. The number of ketones is 1. The average Bonchev–Trinajstić information content (AvgIpc) is 2.43. The lowest BCUT2D eigenvalue weighted by Crippen LogP contribution is -2.09. The number of aryl methyl sites for hydroxylation is 1. The highest BCUT2D eigenvalue weighted by molar-refractivity contribution is 6.09. The normalized spacial score (nSPS) is 10.8. The van der Waals surface area contributed by atoms with E-state index in [1.54, 1.807) is 0 Å². The van der Waals surface area contributed by atoms with Crippen molar-refractivity contribution in [1.82, 2.24) is 0 Å². The number of ether oxygens (including phenoxy) is 1. The van der Waals surface area contributed by atoms with Crippen molar-refractivity contribution < 1.29 is 27.1 Å². The molecule has 2 rings (SSSR count). The Morgan fingerprint density at radius 3 is 2.24 bits per heavy atom. The molecule has 2 nitrogen and oxygen atoms in total. The van der Waals surface area contributed by atoms with E-state index in [1.165, 1.54) is 25.1 Å². The summed E-state index contributed by atoms with van der Waals surface area (Å²) in [6.45, 7) is -1.58. The van der Waals surface area contributed by atoms with Crippen molar-refractivity contribution >= 4 is 5.78 Å². The predicted molar refractivity (Wildman–Crippen MR) is 67.6 cm³/mol. The predicted octanol–water partition coefficient (Wildman–Crippen LogP) is 4.11. The van der Waals surface area contributed by atoms with Crippen LogP contribution in [0.25, 0.3) is 0 Å². The monoisotopic (exact) mass is 298 g/mol. The molecule has 0 bridgehead atoms. The zero-order valence-corrected chi connectivity index (χ0v) is 10.9. The molecule has 0 saturated carbocycles. The fourth-order valence-electron chi connectivity index (χ4n) is 1.80. The van der Waals surface area contributed by atoms with Crippen LogP contribution in [-0.2, 0) is 0 Å². The number of rotatable bonds is 4. The van der Waals surface area contributed by atoms with Crippen LogP contribution in [0.15, 0.2) is 36.4 Å². The molecule has 6 heteroatoms. The van der Waals surface area contributed by atoms with Gasteiger partial charge in [0.1, 0.15) is 17.4 Å². The molecule has 110 valence electrons. The van der Waals surface area contributed by atoms with E-state index in [0.29, 0.717) is 0 Å². The molecule has 0 aliphatic rings. The summed E-state index contributed by atoms with van der Waals surface area (Å²) in [7, 11) is 0. The van der Waals surface area contributed by atoms with Crippen LogP contribution in [-0.4, -0.2) is 12.4 Å². The van der Waals surface area contributed by atoms with Gasteiger partial charge in [0.25, 0.3) is 0 Å². The van der Waals surface area contributed by atoms with Gasteiger partial charge in [-0.2, -0.15) is 8.78 Å². The van der Waals surface area contributed by atoms with Crippen LogP contribution in [0.1, 0.15) is 21.5 Å². The van der Waals surface area contributed by atoms with Gasteiger partial charge in [-0.3, -0.25) is 4.79 Å². The third-order valence-electron chi connectivity index (χ3n) is 2.85. The fourth-order valence-corrected chi connectivity index (χ4v) is 1.80. The summed E-state index contributed by atoms with van der Waals surface area (Å²) in [5, 5.41) is 0. The Hall–Kier alpha value is -2.37. The topological polar surface area (TPSA) is 26.3 Å². The van der Waals surface area contributed by atoms with E-state index in [-0.39, 0.29) is 16.9 Å². The first-order chi connectivity index (χ1) is 9.90. The Bertz CT molecular complexity index is 666. The summed E-state index contributed by atoms with van der Waals surface area (Å²) >= 11 is 0. The fraction of sp³-hybridized carbons (Fsp3) is 0.133. The number of carbonyl (C=O) groups excluding carboxylic acids is 1. The van der Waals surface area contributed by atoms with E-state index in [0.717, 1.165) is 18.2 Å². The highest BCUT2D eigenvalue weighted by Gasteiger charge is 2.20. The first kappa shape index (κ1) is 15.0. The van der Waals surface area contributed by atoms with Gasteiger partial charge < -0.3 is 4.74 Å². The summed E-state index contributed by atoms with van der Waals surface area (Å²) in [6, 6.07) is 6.82. The van der Waals surface area contributed by atoms with Crippen molar-refractivity contribution in [2.24, 2.45) is 0 Å². The summed E-state index contributed by atoms with van der Waals surface area (Å²) in [6.07, 6.45) is 0. The van der Waals surface area contributed by atoms with Crippen molar-refractivity contribution in [2.45, 2.75) is 13.5 Å². The molecule has 0 spiro atoms. The minimum absolute atomic E-state index is 0.0278. The number of halogens is 4. The highest BCUT2D eigenvalue weighted by Crippen LogP contribution is 2.22. The molecule has 0 aliphatic carbocycles. The summed E-state index contributed by atoms with van der Waals surface area (Å²) < 4.78 is 55.6. The SMILES string of the molecule is Cc1ccc(F)c(C(=O)c2ccc(OC(F)F)cc2)c1F. The Labute approximate surface area is 118 Å². The zero-order chi connectivity index (χ0) is 15.6. The maximum atomic E-state index is 13.9. The average molecular weight is 298 g/mol. The van der Waals surface area contributed by atoms with Gasteiger partial charge in [-0.05, 0) is 42.8 Å². The lowest BCUT2D eigenvalue weighted by Gasteiger charge is -2.08. The molecule has 0 fully saturated rings. The minimum atomic E-state index is -2.99. The Balaban J connectivity index is 2.35. The van der Waals surface area contributed by atoms with Gasteiger partial charge in [-0.1, -0.05) is 6.07 Å². The Morgan fingerprint density at radius 2 is 1.67 bits per heavy atom. The van der Waals surface area contributed by atoms with Crippen LogP contribution < -0.4 is 4.74 Å². The maximum absolute atomic E-state index is 13.9. The molecule has 0 saturated heterocycles. The van der Waals surface area contributed by atoms with Crippen molar-refractivity contribution in [2.75, 3.05) is 0 Å². The van der Waals surface area contributed by atoms with Crippen molar-refractivity contribution in [3.8, 4) is 5.75 Å². The van der Waals surface area contributed by atoms with Crippen LogP contribution >= 0.6 is 0 Å². The van der Waals surface area contributed by atoms with Gasteiger partial charge in [0.15, 0.2) is 5.78 Å². The zero-order valence-electron chi connectivity index (χ0n) is 10.9.